The van der Waals surface area contributed by atoms with Crippen molar-refractivity contribution in [2.24, 2.45) is 7.05 Å². The van der Waals surface area contributed by atoms with Gasteiger partial charge in [-0.2, -0.15) is 0 Å². The quantitative estimate of drug-likeness (QED) is 0.623. The standard InChI is InChI=1S/C25H31N5O3/c1-25(2,3)33-24(32)26-15-22(31)27-18-12-13-30(16-18)19-9-7-8-17(14-19)23-28-20-10-5-6-11-21(20)29(23)4/h5-11,14,18H,12-13,15-16H2,1-4H3,(H,26,32)(H,27,31)/t18-/m0/s1. The topological polar surface area (TPSA) is 88.5 Å². The van der Waals surface area contributed by atoms with Crippen LogP contribution in [0.15, 0.2) is 48.5 Å². The number of nitrogens with one attached hydrogen (secondary N) is 2. The van der Waals surface area contributed by atoms with E-state index >= 15 is 0 Å². The Balaban J connectivity index is 1.36. The summed E-state index contributed by atoms with van der Waals surface area (Å²) in [6.07, 6.45) is 0.249. The summed E-state index contributed by atoms with van der Waals surface area (Å²) in [5.41, 5.74) is 3.64. The molecule has 0 saturated carbocycles. The van der Waals surface area contributed by atoms with Gasteiger partial charge in [-0.25, -0.2) is 9.78 Å². The minimum Gasteiger partial charge on any atom is -0.444 e. The SMILES string of the molecule is Cn1c(-c2cccc(N3CC[C@H](NC(=O)CNC(=O)OC(C)(C)C)C3)c2)nc2ccccc21. The van der Waals surface area contributed by atoms with E-state index < -0.39 is 11.7 Å². The summed E-state index contributed by atoms with van der Waals surface area (Å²) in [6.45, 7) is 6.80. The number of aromatic nitrogens is 2. The molecule has 3 aromatic rings. The number of aryl methyl sites for hydroxylation is 1. The van der Waals surface area contributed by atoms with Gasteiger partial charge in [-0.3, -0.25) is 4.79 Å². The normalized spacial score (nSPS) is 16.1. The molecule has 1 aliphatic heterocycles. The van der Waals surface area contributed by atoms with Gasteiger partial charge in [0.1, 0.15) is 18.0 Å². The van der Waals surface area contributed by atoms with Crippen molar-refractivity contribution in [3.63, 3.8) is 0 Å². The van der Waals surface area contributed by atoms with Crippen molar-refractivity contribution in [1.29, 1.82) is 0 Å². The molecule has 8 nitrogen and oxygen atoms in total. The summed E-state index contributed by atoms with van der Waals surface area (Å²) in [6, 6.07) is 16.5. The van der Waals surface area contributed by atoms with Gasteiger partial charge in [0.05, 0.1) is 11.0 Å². The Labute approximate surface area is 193 Å². The van der Waals surface area contributed by atoms with Gasteiger partial charge < -0.3 is 24.8 Å². The number of carbonyl (C=O) groups is 2. The molecule has 1 aliphatic rings. The van der Waals surface area contributed by atoms with Crippen LogP contribution in [0.4, 0.5) is 10.5 Å². The first-order valence-corrected chi connectivity index (χ1v) is 11.2. The Morgan fingerprint density at radius 2 is 1.94 bits per heavy atom. The Kier molecular flexibility index (Phi) is 6.26. The average Bonchev–Trinajstić information content (AvgIpc) is 3.36. The van der Waals surface area contributed by atoms with Crippen molar-refractivity contribution in [3.8, 4) is 11.4 Å². The maximum absolute atomic E-state index is 12.3. The smallest absolute Gasteiger partial charge is 0.408 e. The summed E-state index contributed by atoms with van der Waals surface area (Å²) in [5.74, 6) is 0.705. The third-order valence-corrected chi connectivity index (χ3v) is 5.60. The molecule has 0 radical (unpaired) electrons. The highest BCUT2D eigenvalue weighted by Gasteiger charge is 2.25. The van der Waals surface area contributed by atoms with Gasteiger partial charge in [-0.1, -0.05) is 24.3 Å². The number of nitrogens with zero attached hydrogens (tertiary/aromatic N) is 3. The summed E-state index contributed by atoms with van der Waals surface area (Å²) in [7, 11) is 2.03. The average molecular weight is 450 g/mol. The second kappa shape index (κ2) is 9.13. The lowest BCUT2D eigenvalue weighted by molar-refractivity contribution is -0.120. The van der Waals surface area contributed by atoms with Crippen molar-refractivity contribution in [2.75, 3.05) is 24.5 Å². The predicted octanol–water partition coefficient (Wildman–Crippen LogP) is 3.46. The lowest BCUT2D eigenvalue weighted by Crippen LogP contribution is -2.44. The summed E-state index contributed by atoms with van der Waals surface area (Å²) >= 11 is 0. The van der Waals surface area contributed by atoms with Crippen LogP contribution in [0.3, 0.4) is 0 Å². The zero-order chi connectivity index (χ0) is 23.6. The fraction of sp³-hybridized carbons (Fsp3) is 0.400. The Morgan fingerprint density at radius 1 is 1.15 bits per heavy atom. The molecule has 33 heavy (non-hydrogen) atoms. The van der Waals surface area contributed by atoms with Crippen LogP contribution in [-0.4, -0.2) is 52.8 Å². The van der Waals surface area contributed by atoms with Crippen molar-refractivity contribution in [2.45, 2.75) is 38.8 Å². The fourth-order valence-electron chi connectivity index (χ4n) is 4.10. The van der Waals surface area contributed by atoms with E-state index in [1.165, 1.54) is 0 Å². The van der Waals surface area contributed by atoms with E-state index in [9.17, 15) is 9.59 Å². The summed E-state index contributed by atoms with van der Waals surface area (Å²) in [4.78, 5) is 31.1. The van der Waals surface area contributed by atoms with Crippen LogP contribution in [0.5, 0.6) is 0 Å². The van der Waals surface area contributed by atoms with Crippen LogP contribution in [0, 0.1) is 0 Å². The molecule has 2 heterocycles. The van der Waals surface area contributed by atoms with Gasteiger partial charge in [0.15, 0.2) is 0 Å². The van der Waals surface area contributed by atoms with Crippen LogP contribution in [0.1, 0.15) is 27.2 Å². The second-order valence-corrected chi connectivity index (χ2v) is 9.39. The van der Waals surface area contributed by atoms with Gasteiger partial charge in [0, 0.05) is 37.4 Å². The van der Waals surface area contributed by atoms with Gasteiger partial charge in [0.2, 0.25) is 5.91 Å². The van der Waals surface area contributed by atoms with Crippen LogP contribution >= 0.6 is 0 Å². The number of amides is 2. The molecule has 2 amide bonds. The molecule has 0 unspecified atom stereocenters. The van der Waals surface area contributed by atoms with E-state index in [1.807, 2.05) is 31.3 Å². The van der Waals surface area contributed by atoms with Gasteiger partial charge in [-0.15, -0.1) is 0 Å². The highest BCUT2D eigenvalue weighted by molar-refractivity contribution is 5.83. The maximum Gasteiger partial charge on any atom is 0.408 e. The van der Waals surface area contributed by atoms with E-state index in [2.05, 4.69) is 44.4 Å². The molecule has 174 valence electrons. The molecular weight excluding hydrogens is 418 g/mol. The largest absolute Gasteiger partial charge is 0.444 e. The highest BCUT2D eigenvalue weighted by atomic mass is 16.6. The number of rotatable bonds is 5. The number of benzene rings is 2. The molecule has 0 aliphatic carbocycles. The fourth-order valence-corrected chi connectivity index (χ4v) is 4.10. The maximum atomic E-state index is 12.3. The number of hydrogen-bond donors (Lipinski definition) is 2. The van der Waals surface area contributed by atoms with Crippen LogP contribution < -0.4 is 15.5 Å². The van der Waals surface area contributed by atoms with Crippen molar-refractivity contribution in [1.82, 2.24) is 20.2 Å². The number of para-hydroxylation sites is 2. The predicted molar refractivity (Wildman–Crippen MR) is 129 cm³/mol. The molecule has 1 atom stereocenters. The lowest BCUT2D eigenvalue weighted by atomic mass is 10.1. The number of anilines is 1. The third kappa shape index (κ3) is 5.45. The zero-order valence-corrected chi connectivity index (χ0v) is 19.6. The van der Waals surface area contributed by atoms with Gasteiger partial charge >= 0.3 is 6.09 Å². The zero-order valence-electron chi connectivity index (χ0n) is 19.6. The lowest BCUT2D eigenvalue weighted by Gasteiger charge is -2.21. The molecule has 4 rings (SSSR count). The minimum atomic E-state index is -0.595. The number of alkyl carbamates (subject to hydrolysis) is 1. The Morgan fingerprint density at radius 3 is 2.70 bits per heavy atom. The third-order valence-electron chi connectivity index (χ3n) is 5.60. The Hall–Kier alpha value is -3.55. The molecule has 0 spiro atoms. The molecule has 2 aromatic carbocycles. The first-order chi connectivity index (χ1) is 15.7. The molecule has 1 aromatic heterocycles. The highest BCUT2D eigenvalue weighted by Crippen LogP contribution is 2.28. The number of fused-ring (bicyclic) bond motifs is 1. The van der Waals surface area contributed by atoms with Crippen LogP contribution in [0.25, 0.3) is 22.4 Å². The number of imidazole rings is 1. The van der Waals surface area contributed by atoms with E-state index in [-0.39, 0.29) is 18.5 Å². The van der Waals surface area contributed by atoms with E-state index in [1.54, 1.807) is 20.8 Å². The van der Waals surface area contributed by atoms with Crippen LogP contribution in [0.2, 0.25) is 0 Å². The first-order valence-electron chi connectivity index (χ1n) is 11.2. The van der Waals surface area contributed by atoms with Gasteiger partial charge in [-0.05, 0) is 51.5 Å². The second-order valence-electron chi connectivity index (χ2n) is 9.39. The number of carbonyl (C=O) groups excluding carboxylic acids is 2. The van der Waals surface area contributed by atoms with Crippen molar-refractivity contribution >= 4 is 28.7 Å². The molecule has 2 N–H and O–H groups in total. The molecule has 1 saturated heterocycles. The van der Waals surface area contributed by atoms with E-state index in [4.69, 9.17) is 9.72 Å². The minimum absolute atomic E-state index is 0.0253. The monoisotopic (exact) mass is 449 g/mol. The Bertz CT molecular complexity index is 1160. The van der Waals surface area contributed by atoms with Gasteiger partial charge in [0.25, 0.3) is 0 Å². The number of ether oxygens (including phenoxy) is 1. The summed E-state index contributed by atoms with van der Waals surface area (Å²) < 4.78 is 7.27. The first kappa shape index (κ1) is 22.6. The van der Waals surface area contributed by atoms with Crippen molar-refractivity contribution in [3.05, 3.63) is 48.5 Å². The molecular formula is C25H31N5O3. The van der Waals surface area contributed by atoms with Crippen molar-refractivity contribution < 1.29 is 14.3 Å². The van der Waals surface area contributed by atoms with E-state index in [0.717, 1.165) is 41.1 Å². The summed E-state index contributed by atoms with van der Waals surface area (Å²) in [5, 5.41) is 5.50. The molecule has 0 bridgehead atoms. The van der Waals surface area contributed by atoms with E-state index in [0.29, 0.717) is 6.54 Å². The molecule has 1 fully saturated rings. The number of hydrogen-bond acceptors (Lipinski definition) is 5. The molecule has 8 heteroatoms. The van der Waals surface area contributed by atoms with Crippen LogP contribution in [-0.2, 0) is 16.6 Å².